The largest absolute Gasteiger partial charge is 0.345 e. The van der Waals surface area contributed by atoms with E-state index in [1.165, 1.54) is 16.9 Å². The number of thiophene rings is 1. The Bertz CT molecular complexity index is 975. The molecule has 1 aliphatic rings. The molecule has 0 radical (unpaired) electrons. The van der Waals surface area contributed by atoms with Gasteiger partial charge in [-0.05, 0) is 48.6 Å². The molecule has 0 spiro atoms. The van der Waals surface area contributed by atoms with Crippen LogP contribution in [-0.2, 0) is 4.79 Å². The molecule has 0 bridgehead atoms. The van der Waals surface area contributed by atoms with Crippen LogP contribution < -0.4 is 10.6 Å². The van der Waals surface area contributed by atoms with Crippen molar-refractivity contribution in [2.45, 2.75) is 25.8 Å². The molecule has 3 aromatic rings. The van der Waals surface area contributed by atoms with Gasteiger partial charge >= 0.3 is 0 Å². The van der Waals surface area contributed by atoms with Gasteiger partial charge in [-0.25, -0.2) is 0 Å². The lowest BCUT2D eigenvalue weighted by Gasteiger charge is -2.14. The van der Waals surface area contributed by atoms with E-state index in [1.54, 1.807) is 12.1 Å². The fourth-order valence-electron chi connectivity index (χ4n) is 3.04. The maximum Gasteiger partial charge on any atom is 0.261 e. The van der Waals surface area contributed by atoms with Crippen molar-refractivity contribution in [3.05, 3.63) is 77.2 Å². The van der Waals surface area contributed by atoms with Crippen LogP contribution in [-0.4, -0.2) is 11.8 Å². The van der Waals surface area contributed by atoms with Crippen LogP contribution in [0.1, 0.15) is 41.0 Å². The van der Waals surface area contributed by atoms with Crippen LogP contribution in [0.15, 0.2) is 66.7 Å². The normalized spacial score (nSPS) is 14.3. The summed E-state index contributed by atoms with van der Waals surface area (Å²) in [6.45, 7) is 1.97. The summed E-state index contributed by atoms with van der Waals surface area (Å²) >= 11 is 1.31. The summed E-state index contributed by atoms with van der Waals surface area (Å²) in [5.74, 6) is 0.0792. The maximum absolute atomic E-state index is 12.5. The fraction of sp³-hybridized carbons (Fsp3) is 0.217. The van der Waals surface area contributed by atoms with E-state index in [2.05, 4.69) is 34.9 Å². The third-order valence-corrected chi connectivity index (χ3v) is 5.89. The first-order valence-electron chi connectivity index (χ1n) is 9.47. The number of hydrogen-bond donors (Lipinski definition) is 2. The minimum atomic E-state index is -0.128. The second-order valence-corrected chi connectivity index (χ2v) is 8.19. The molecule has 1 heterocycles. The topological polar surface area (TPSA) is 58.2 Å². The monoisotopic (exact) mass is 390 g/mol. The number of amides is 2. The molecule has 2 aromatic carbocycles. The average molecular weight is 391 g/mol. The van der Waals surface area contributed by atoms with Crippen molar-refractivity contribution in [3.8, 4) is 11.1 Å². The van der Waals surface area contributed by atoms with E-state index in [4.69, 9.17) is 0 Å². The van der Waals surface area contributed by atoms with Crippen molar-refractivity contribution in [3.63, 3.8) is 0 Å². The Balaban J connectivity index is 1.37. The number of carbonyl (C=O) groups excluding carboxylic acids is 2. The van der Waals surface area contributed by atoms with E-state index in [1.807, 2.05) is 37.3 Å². The van der Waals surface area contributed by atoms with Crippen LogP contribution in [0, 0.1) is 5.92 Å². The minimum Gasteiger partial charge on any atom is -0.345 e. The Morgan fingerprint density at radius 1 is 0.929 bits per heavy atom. The molecule has 1 fully saturated rings. The van der Waals surface area contributed by atoms with Crippen molar-refractivity contribution >= 4 is 28.2 Å². The molecule has 1 atom stereocenters. The number of carbonyl (C=O) groups is 2. The van der Waals surface area contributed by atoms with Gasteiger partial charge in [0.05, 0.1) is 15.9 Å². The van der Waals surface area contributed by atoms with Crippen LogP contribution in [0.4, 0.5) is 5.00 Å². The van der Waals surface area contributed by atoms with Crippen molar-refractivity contribution in [1.29, 1.82) is 0 Å². The number of hydrogen-bond acceptors (Lipinski definition) is 3. The fourth-order valence-corrected chi connectivity index (χ4v) is 3.85. The van der Waals surface area contributed by atoms with Crippen LogP contribution in [0.3, 0.4) is 0 Å². The van der Waals surface area contributed by atoms with Gasteiger partial charge in [-0.3, -0.25) is 9.59 Å². The first-order chi connectivity index (χ1) is 13.6. The molecule has 2 N–H and O–H groups in total. The SMILES string of the molecule is CC(NC(=O)c1ccc(NC(=O)C2CC2)s1)c1ccc(-c2ccccc2)cc1. The van der Waals surface area contributed by atoms with Gasteiger partial charge in [-0.1, -0.05) is 54.6 Å². The molecule has 4 nitrogen and oxygen atoms in total. The summed E-state index contributed by atoms with van der Waals surface area (Å²) in [6, 6.07) is 21.9. The van der Waals surface area contributed by atoms with Gasteiger partial charge in [0.25, 0.3) is 5.91 Å². The highest BCUT2D eigenvalue weighted by Crippen LogP contribution is 2.31. The summed E-state index contributed by atoms with van der Waals surface area (Å²) in [6.07, 6.45) is 1.93. The second-order valence-electron chi connectivity index (χ2n) is 7.11. The molecule has 0 aliphatic heterocycles. The number of rotatable bonds is 6. The standard InChI is InChI=1S/C23H22N2O2S/c1-15(16-7-9-18(10-8-16)17-5-3-2-4-6-17)24-23(27)20-13-14-21(28-20)25-22(26)19-11-12-19/h2-10,13-15,19H,11-12H2,1H3,(H,24,27)(H,25,26). The second kappa shape index (κ2) is 7.98. The maximum atomic E-state index is 12.5. The predicted molar refractivity (Wildman–Crippen MR) is 113 cm³/mol. The van der Waals surface area contributed by atoms with Crippen LogP contribution in [0.2, 0.25) is 0 Å². The number of anilines is 1. The summed E-state index contributed by atoms with van der Waals surface area (Å²) in [5.41, 5.74) is 3.37. The highest BCUT2D eigenvalue weighted by molar-refractivity contribution is 7.18. The van der Waals surface area contributed by atoms with E-state index in [0.717, 1.165) is 29.0 Å². The van der Waals surface area contributed by atoms with E-state index in [0.29, 0.717) is 4.88 Å². The van der Waals surface area contributed by atoms with Gasteiger partial charge in [0.15, 0.2) is 0 Å². The molecule has 2 amide bonds. The zero-order valence-electron chi connectivity index (χ0n) is 15.6. The molecule has 1 aliphatic carbocycles. The van der Waals surface area contributed by atoms with E-state index >= 15 is 0 Å². The third-order valence-electron chi connectivity index (χ3n) is 4.89. The molecule has 1 aromatic heterocycles. The van der Waals surface area contributed by atoms with Gasteiger partial charge in [0, 0.05) is 5.92 Å². The van der Waals surface area contributed by atoms with Crippen molar-refractivity contribution in [2.75, 3.05) is 5.32 Å². The van der Waals surface area contributed by atoms with E-state index in [-0.39, 0.29) is 23.8 Å². The van der Waals surface area contributed by atoms with Crippen LogP contribution in [0.25, 0.3) is 11.1 Å². The number of benzene rings is 2. The highest BCUT2D eigenvalue weighted by Gasteiger charge is 2.29. The Labute approximate surface area is 168 Å². The number of nitrogens with one attached hydrogen (secondary N) is 2. The van der Waals surface area contributed by atoms with Gasteiger partial charge in [0.1, 0.15) is 0 Å². The Hall–Kier alpha value is -2.92. The van der Waals surface area contributed by atoms with Gasteiger partial charge < -0.3 is 10.6 Å². The van der Waals surface area contributed by atoms with Gasteiger partial charge in [-0.15, -0.1) is 11.3 Å². The molecular formula is C23H22N2O2S. The third kappa shape index (κ3) is 4.31. The van der Waals surface area contributed by atoms with Crippen LogP contribution in [0.5, 0.6) is 0 Å². The molecule has 0 saturated heterocycles. The lowest BCUT2D eigenvalue weighted by Crippen LogP contribution is -2.25. The molecule has 4 rings (SSSR count). The summed E-state index contributed by atoms with van der Waals surface area (Å²) in [4.78, 5) is 25.0. The molecule has 28 heavy (non-hydrogen) atoms. The molecule has 1 saturated carbocycles. The quantitative estimate of drug-likeness (QED) is 0.603. The predicted octanol–water partition coefficient (Wildman–Crippen LogP) is 5.25. The smallest absolute Gasteiger partial charge is 0.261 e. The summed E-state index contributed by atoms with van der Waals surface area (Å²) in [7, 11) is 0. The molecule has 5 heteroatoms. The zero-order chi connectivity index (χ0) is 19.5. The Morgan fingerprint density at radius 2 is 1.61 bits per heavy atom. The van der Waals surface area contributed by atoms with Gasteiger partial charge in [0.2, 0.25) is 5.91 Å². The summed E-state index contributed by atoms with van der Waals surface area (Å²) < 4.78 is 0. The van der Waals surface area contributed by atoms with Crippen molar-refractivity contribution in [1.82, 2.24) is 5.32 Å². The Kier molecular flexibility index (Phi) is 5.26. The summed E-state index contributed by atoms with van der Waals surface area (Å²) in [5, 5.41) is 6.64. The van der Waals surface area contributed by atoms with Crippen molar-refractivity contribution in [2.24, 2.45) is 5.92 Å². The minimum absolute atomic E-state index is 0.0562. The van der Waals surface area contributed by atoms with E-state index in [9.17, 15) is 9.59 Å². The highest BCUT2D eigenvalue weighted by atomic mass is 32.1. The first-order valence-corrected chi connectivity index (χ1v) is 10.3. The van der Waals surface area contributed by atoms with Crippen molar-refractivity contribution < 1.29 is 9.59 Å². The molecule has 142 valence electrons. The van der Waals surface area contributed by atoms with Gasteiger partial charge in [-0.2, -0.15) is 0 Å². The molecular weight excluding hydrogens is 368 g/mol. The lowest BCUT2D eigenvalue weighted by atomic mass is 10.0. The van der Waals surface area contributed by atoms with E-state index < -0.39 is 0 Å². The lowest BCUT2D eigenvalue weighted by molar-refractivity contribution is -0.117. The molecule has 1 unspecified atom stereocenters. The average Bonchev–Trinajstić information content (AvgIpc) is 3.48. The first kappa shape index (κ1) is 18.4. The zero-order valence-corrected chi connectivity index (χ0v) is 16.5. The van der Waals surface area contributed by atoms with Crippen LogP contribution >= 0.6 is 11.3 Å². The Morgan fingerprint density at radius 3 is 2.29 bits per heavy atom.